The van der Waals surface area contributed by atoms with E-state index >= 15 is 0 Å². The molecule has 1 heterocycles. The summed E-state index contributed by atoms with van der Waals surface area (Å²) in [5.41, 5.74) is 0.519. The summed E-state index contributed by atoms with van der Waals surface area (Å²) in [5.74, 6) is -0.401. The average Bonchev–Trinajstić information content (AvgIpc) is 2.45. The Morgan fingerprint density at radius 3 is 2.70 bits per heavy atom. The zero-order chi connectivity index (χ0) is 14.5. The third kappa shape index (κ3) is 3.34. The summed E-state index contributed by atoms with van der Waals surface area (Å²) < 4.78 is 5.87. The highest BCUT2D eigenvalue weighted by atomic mass is 79.9. The Morgan fingerprint density at radius 1 is 1.35 bits per heavy atom. The van der Waals surface area contributed by atoms with Gasteiger partial charge in [-0.05, 0) is 27.6 Å². The maximum atomic E-state index is 12.2. The summed E-state index contributed by atoms with van der Waals surface area (Å²) in [6.45, 7) is 0. The number of hydrogen-bond donors (Lipinski definition) is 2. The van der Waals surface area contributed by atoms with Crippen LogP contribution < -0.4 is 10.9 Å². The van der Waals surface area contributed by atoms with Gasteiger partial charge in [0.05, 0.1) is 0 Å². The van der Waals surface area contributed by atoms with E-state index in [9.17, 15) is 9.59 Å². The maximum Gasteiger partial charge on any atom is 0.271 e. The van der Waals surface area contributed by atoms with E-state index < -0.39 is 12.0 Å². The van der Waals surface area contributed by atoms with Crippen LogP contribution in [0.2, 0.25) is 0 Å². The first-order valence-corrected chi connectivity index (χ1v) is 6.68. The van der Waals surface area contributed by atoms with Crippen molar-refractivity contribution in [3.05, 3.63) is 63.0 Å². The summed E-state index contributed by atoms with van der Waals surface area (Å²) in [6, 6.07) is 10.6. The van der Waals surface area contributed by atoms with Crippen LogP contribution in [0.15, 0.2) is 51.9 Å². The minimum atomic E-state index is -0.769. The van der Waals surface area contributed by atoms with Gasteiger partial charge >= 0.3 is 0 Å². The second kappa shape index (κ2) is 6.49. The van der Waals surface area contributed by atoms with Gasteiger partial charge in [0.15, 0.2) is 6.10 Å². The minimum absolute atomic E-state index is 0.169. The number of amides is 1. The summed E-state index contributed by atoms with van der Waals surface area (Å²) in [5, 5.41) is 2.56. The van der Waals surface area contributed by atoms with Crippen LogP contribution in [0.3, 0.4) is 0 Å². The largest absolute Gasteiger partial charge is 0.367 e. The fourth-order valence-corrected chi connectivity index (χ4v) is 2.11. The van der Waals surface area contributed by atoms with Crippen molar-refractivity contribution in [2.45, 2.75) is 6.10 Å². The number of H-pyrrole nitrogens is 1. The lowest BCUT2D eigenvalue weighted by Gasteiger charge is -2.15. The predicted octanol–water partition coefficient (Wildman–Crippen LogP) is 2.46. The second-order valence-corrected chi connectivity index (χ2v) is 4.99. The zero-order valence-corrected chi connectivity index (χ0v) is 12.3. The first-order chi connectivity index (χ1) is 9.61. The summed E-state index contributed by atoms with van der Waals surface area (Å²) >= 11 is 3.23. The first kappa shape index (κ1) is 14.5. The Labute approximate surface area is 124 Å². The highest BCUT2D eigenvalue weighted by Gasteiger charge is 2.20. The van der Waals surface area contributed by atoms with Gasteiger partial charge in [0.25, 0.3) is 11.5 Å². The van der Waals surface area contributed by atoms with Crippen LogP contribution in [-0.2, 0) is 9.53 Å². The molecule has 0 radical (unpaired) electrons. The number of hydrogen-bond acceptors (Lipinski definition) is 3. The monoisotopic (exact) mass is 336 g/mol. The van der Waals surface area contributed by atoms with Gasteiger partial charge in [-0.25, -0.2) is 0 Å². The molecular formula is C14H13BrN2O3. The Hall–Kier alpha value is -1.92. The molecule has 0 aliphatic heterocycles. The van der Waals surface area contributed by atoms with E-state index in [-0.39, 0.29) is 11.2 Å². The molecule has 2 N–H and O–H groups in total. The first-order valence-electron chi connectivity index (χ1n) is 5.88. The topological polar surface area (TPSA) is 71.2 Å². The second-order valence-electron chi connectivity index (χ2n) is 4.08. The van der Waals surface area contributed by atoms with E-state index in [1.54, 1.807) is 12.1 Å². The van der Waals surface area contributed by atoms with Gasteiger partial charge in [-0.15, -0.1) is 0 Å². The van der Waals surface area contributed by atoms with Gasteiger partial charge < -0.3 is 15.0 Å². The maximum absolute atomic E-state index is 12.2. The molecule has 0 unspecified atom stereocenters. The van der Waals surface area contributed by atoms with Crippen molar-refractivity contribution in [2.75, 3.05) is 12.4 Å². The average molecular weight is 337 g/mol. The third-order valence-corrected chi connectivity index (χ3v) is 3.16. The van der Waals surface area contributed by atoms with Crippen LogP contribution >= 0.6 is 15.9 Å². The van der Waals surface area contributed by atoms with Crippen molar-refractivity contribution >= 4 is 27.5 Å². The zero-order valence-electron chi connectivity index (χ0n) is 10.7. The van der Waals surface area contributed by atoms with Crippen LogP contribution in [0.25, 0.3) is 0 Å². The number of pyridine rings is 1. The molecule has 2 rings (SSSR count). The van der Waals surface area contributed by atoms with Crippen LogP contribution in [0.4, 0.5) is 5.69 Å². The Balaban J connectivity index is 2.22. The SMILES string of the molecule is CO[C@@H](C(=O)Nc1cc(Br)c[nH]c1=O)c1ccccc1. The number of aromatic nitrogens is 1. The number of carbonyl (C=O) groups excluding carboxylic acids is 1. The van der Waals surface area contributed by atoms with Crippen LogP contribution in [-0.4, -0.2) is 18.0 Å². The van der Waals surface area contributed by atoms with E-state index in [1.165, 1.54) is 19.4 Å². The molecule has 1 aromatic carbocycles. The Kier molecular flexibility index (Phi) is 4.70. The summed E-state index contributed by atoms with van der Waals surface area (Å²) in [7, 11) is 1.45. The van der Waals surface area contributed by atoms with Crippen LogP contribution in [0, 0.1) is 0 Å². The number of halogens is 1. The fraction of sp³-hybridized carbons (Fsp3) is 0.143. The number of benzene rings is 1. The molecule has 0 saturated heterocycles. The van der Waals surface area contributed by atoms with E-state index in [0.29, 0.717) is 4.47 Å². The fourth-order valence-electron chi connectivity index (χ4n) is 1.77. The number of rotatable bonds is 4. The molecular weight excluding hydrogens is 324 g/mol. The highest BCUT2D eigenvalue weighted by molar-refractivity contribution is 9.10. The lowest BCUT2D eigenvalue weighted by atomic mass is 10.1. The lowest BCUT2D eigenvalue weighted by molar-refractivity contribution is -0.126. The molecule has 0 bridgehead atoms. The van der Waals surface area contributed by atoms with Gasteiger partial charge in [0, 0.05) is 17.8 Å². The molecule has 1 atom stereocenters. The molecule has 6 heteroatoms. The molecule has 0 aliphatic carbocycles. The van der Waals surface area contributed by atoms with E-state index in [4.69, 9.17) is 4.74 Å². The third-order valence-electron chi connectivity index (χ3n) is 2.70. The molecule has 1 amide bonds. The van der Waals surface area contributed by atoms with Crippen molar-refractivity contribution in [2.24, 2.45) is 0 Å². The van der Waals surface area contributed by atoms with Crippen LogP contribution in [0.5, 0.6) is 0 Å². The van der Waals surface area contributed by atoms with Crippen molar-refractivity contribution in [3.8, 4) is 0 Å². The van der Waals surface area contributed by atoms with Gasteiger partial charge in [-0.1, -0.05) is 30.3 Å². The van der Waals surface area contributed by atoms with Gasteiger partial charge in [-0.2, -0.15) is 0 Å². The van der Waals surface area contributed by atoms with E-state index in [2.05, 4.69) is 26.2 Å². The molecule has 20 heavy (non-hydrogen) atoms. The molecule has 0 aliphatic rings. The van der Waals surface area contributed by atoms with E-state index in [1.807, 2.05) is 18.2 Å². The minimum Gasteiger partial charge on any atom is -0.367 e. The number of nitrogens with one attached hydrogen (secondary N) is 2. The Bertz CT molecular complexity index is 655. The molecule has 2 aromatic rings. The number of anilines is 1. The van der Waals surface area contributed by atoms with Crippen molar-refractivity contribution in [3.63, 3.8) is 0 Å². The number of ether oxygens (including phenoxy) is 1. The summed E-state index contributed by atoms with van der Waals surface area (Å²) in [6.07, 6.45) is 0.734. The lowest BCUT2D eigenvalue weighted by Crippen LogP contribution is -2.26. The van der Waals surface area contributed by atoms with Gasteiger partial charge in [-0.3, -0.25) is 9.59 Å². The van der Waals surface area contributed by atoms with Crippen molar-refractivity contribution in [1.82, 2.24) is 4.98 Å². The quantitative estimate of drug-likeness (QED) is 0.900. The smallest absolute Gasteiger partial charge is 0.271 e. The van der Waals surface area contributed by atoms with Crippen molar-refractivity contribution in [1.29, 1.82) is 0 Å². The van der Waals surface area contributed by atoms with Gasteiger partial charge in [0.2, 0.25) is 0 Å². The van der Waals surface area contributed by atoms with Crippen LogP contribution in [0.1, 0.15) is 11.7 Å². The van der Waals surface area contributed by atoms with Gasteiger partial charge in [0.1, 0.15) is 5.69 Å². The highest BCUT2D eigenvalue weighted by Crippen LogP contribution is 2.18. The molecule has 5 nitrogen and oxygen atoms in total. The predicted molar refractivity (Wildman–Crippen MR) is 79.6 cm³/mol. The standard InChI is InChI=1S/C14H13BrN2O3/c1-20-12(9-5-3-2-4-6-9)14(19)17-11-7-10(15)8-16-13(11)18/h2-8,12H,1H3,(H,16,18)(H,17,19)/t12-/m1/s1. The van der Waals surface area contributed by atoms with Crippen molar-refractivity contribution < 1.29 is 9.53 Å². The summed E-state index contributed by atoms with van der Waals surface area (Å²) in [4.78, 5) is 26.3. The normalized spacial score (nSPS) is 11.9. The number of carbonyl (C=O) groups is 1. The number of methoxy groups -OCH3 is 1. The van der Waals surface area contributed by atoms with E-state index in [0.717, 1.165) is 5.56 Å². The molecule has 0 fully saturated rings. The molecule has 0 spiro atoms. The molecule has 104 valence electrons. The molecule has 1 aromatic heterocycles. The number of aromatic amines is 1. The molecule has 0 saturated carbocycles. The Morgan fingerprint density at radius 2 is 2.05 bits per heavy atom.